The van der Waals surface area contributed by atoms with E-state index in [1.807, 2.05) is 21.0 Å². The van der Waals surface area contributed by atoms with Crippen molar-refractivity contribution >= 4 is 5.95 Å². The van der Waals surface area contributed by atoms with Gasteiger partial charge in [-0.25, -0.2) is 4.98 Å². The van der Waals surface area contributed by atoms with E-state index >= 15 is 0 Å². The van der Waals surface area contributed by atoms with E-state index in [1.54, 1.807) is 11.8 Å². The number of nitrogens with one attached hydrogen (secondary N) is 1. The standard InChI is InChI=1S/C8H13N3O.Na.H/c1-5-6(2)9-8(11(3)4)10-7(5)12;;/h1-4H3,(H,9,10,12);;/q;+1;-1. The van der Waals surface area contributed by atoms with Gasteiger partial charge in [0.2, 0.25) is 5.95 Å². The molecule has 0 amide bonds. The van der Waals surface area contributed by atoms with E-state index in [0.29, 0.717) is 11.5 Å². The molecular formula is C8H14N3NaO. The van der Waals surface area contributed by atoms with E-state index in [4.69, 9.17) is 0 Å². The van der Waals surface area contributed by atoms with E-state index in [9.17, 15) is 4.79 Å². The molecule has 1 aromatic heterocycles. The van der Waals surface area contributed by atoms with Crippen molar-refractivity contribution in [3.8, 4) is 0 Å². The molecule has 0 radical (unpaired) electrons. The van der Waals surface area contributed by atoms with Crippen LogP contribution in [0.15, 0.2) is 4.79 Å². The molecule has 1 aromatic rings. The monoisotopic (exact) mass is 191 g/mol. The zero-order valence-corrected chi connectivity index (χ0v) is 10.8. The third-order valence-electron chi connectivity index (χ3n) is 1.81. The van der Waals surface area contributed by atoms with Gasteiger partial charge >= 0.3 is 29.6 Å². The molecule has 1 rings (SSSR count). The van der Waals surface area contributed by atoms with E-state index in [1.165, 1.54) is 0 Å². The summed E-state index contributed by atoms with van der Waals surface area (Å²) >= 11 is 0. The van der Waals surface area contributed by atoms with Crippen molar-refractivity contribution in [1.29, 1.82) is 0 Å². The number of aromatic amines is 1. The van der Waals surface area contributed by atoms with Crippen molar-refractivity contribution in [2.75, 3.05) is 19.0 Å². The molecule has 5 heteroatoms. The van der Waals surface area contributed by atoms with Crippen molar-refractivity contribution in [2.45, 2.75) is 13.8 Å². The van der Waals surface area contributed by atoms with Crippen molar-refractivity contribution in [3.63, 3.8) is 0 Å². The van der Waals surface area contributed by atoms with Gasteiger partial charge in [0.05, 0.1) is 0 Å². The van der Waals surface area contributed by atoms with Crippen LogP contribution in [0.3, 0.4) is 0 Å². The summed E-state index contributed by atoms with van der Waals surface area (Å²) in [5, 5.41) is 0. The molecule has 0 aromatic carbocycles. The minimum absolute atomic E-state index is 0. The van der Waals surface area contributed by atoms with Crippen LogP contribution in [0.2, 0.25) is 0 Å². The Morgan fingerprint density at radius 2 is 1.92 bits per heavy atom. The van der Waals surface area contributed by atoms with Crippen molar-refractivity contribution in [3.05, 3.63) is 21.6 Å². The van der Waals surface area contributed by atoms with Crippen LogP contribution in [0.25, 0.3) is 0 Å². The second-order valence-electron chi connectivity index (χ2n) is 2.99. The van der Waals surface area contributed by atoms with Crippen LogP contribution in [0.1, 0.15) is 12.7 Å². The van der Waals surface area contributed by atoms with E-state index in [0.717, 1.165) is 5.69 Å². The average Bonchev–Trinajstić information content (AvgIpc) is 1.99. The fourth-order valence-electron chi connectivity index (χ4n) is 0.842. The van der Waals surface area contributed by atoms with E-state index in [-0.39, 0.29) is 36.5 Å². The quantitative estimate of drug-likeness (QED) is 0.502. The SMILES string of the molecule is Cc1nc(N(C)C)[nH]c(=O)c1C.[H-].[Na+]. The molecule has 68 valence electrons. The van der Waals surface area contributed by atoms with Crippen LogP contribution in [0.4, 0.5) is 5.95 Å². The number of aromatic nitrogens is 2. The molecule has 4 nitrogen and oxygen atoms in total. The Hall–Kier alpha value is -0.320. The zero-order valence-electron chi connectivity index (χ0n) is 9.80. The molecule has 0 bridgehead atoms. The Labute approximate surface area is 101 Å². The Morgan fingerprint density at radius 3 is 2.31 bits per heavy atom. The van der Waals surface area contributed by atoms with Gasteiger partial charge in [0.15, 0.2) is 0 Å². The summed E-state index contributed by atoms with van der Waals surface area (Å²) < 4.78 is 0. The molecular weight excluding hydrogens is 177 g/mol. The third kappa shape index (κ3) is 2.83. The van der Waals surface area contributed by atoms with Gasteiger partial charge < -0.3 is 6.33 Å². The van der Waals surface area contributed by atoms with Crippen molar-refractivity contribution < 1.29 is 31.0 Å². The Balaban J connectivity index is 0. The molecule has 0 saturated carbocycles. The van der Waals surface area contributed by atoms with Crippen molar-refractivity contribution in [1.82, 2.24) is 9.97 Å². The summed E-state index contributed by atoms with van der Waals surface area (Å²) in [6.07, 6.45) is 0. The molecule has 0 atom stereocenters. The van der Waals surface area contributed by atoms with E-state index < -0.39 is 0 Å². The predicted octanol–water partition coefficient (Wildman–Crippen LogP) is -2.43. The second-order valence-corrected chi connectivity index (χ2v) is 2.99. The Kier molecular flexibility index (Phi) is 4.67. The molecule has 0 aliphatic rings. The number of H-pyrrole nitrogens is 1. The molecule has 0 aliphatic carbocycles. The Bertz CT molecular complexity index is 351. The maximum atomic E-state index is 11.2. The number of hydrogen-bond acceptors (Lipinski definition) is 3. The summed E-state index contributed by atoms with van der Waals surface area (Å²) in [6.45, 7) is 3.60. The van der Waals surface area contributed by atoms with Crippen LogP contribution < -0.4 is 40.0 Å². The first-order valence-electron chi connectivity index (χ1n) is 3.77. The van der Waals surface area contributed by atoms with Crippen LogP contribution in [-0.4, -0.2) is 24.1 Å². The smallest absolute Gasteiger partial charge is 1.00 e. The molecule has 13 heavy (non-hydrogen) atoms. The van der Waals surface area contributed by atoms with Gasteiger partial charge in [0.1, 0.15) is 0 Å². The summed E-state index contributed by atoms with van der Waals surface area (Å²) in [7, 11) is 3.68. The van der Waals surface area contributed by atoms with E-state index in [2.05, 4.69) is 9.97 Å². The summed E-state index contributed by atoms with van der Waals surface area (Å²) in [6, 6.07) is 0. The second kappa shape index (κ2) is 4.79. The topological polar surface area (TPSA) is 49.0 Å². The molecule has 0 fully saturated rings. The fourth-order valence-corrected chi connectivity index (χ4v) is 0.842. The van der Waals surface area contributed by atoms with Gasteiger partial charge in [0.25, 0.3) is 5.56 Å². The van der Waals surface area contributed by atoms with Gasteiger partial charge in [-0.2, -0.15) is 0 Å². The van der Waals surface area contributed by atoms with Gasteiger partial charge in [-0.1, -0.05) is 0 Å². The van der Waals surface area contributed by atoms with Crippen LogP contribution in [0, 0.1) is 13.8 Å². The molecule has 0 aliphatic heterocycles. The van der Waals surface area contributed by atoms with Gasteiger partial charge in [-0.05, 0) is 13.8 Å². The van der Waals surface area contributed by atoms with Gasteiger partial charge in [-0.3, -0.25) is 9.78 Å². The number of anilines is 1. The maximum Gasteiger partial charge on any atom is 1.00 e. The third-order valence-corrected chi connectivity index (χ3v) is 1.81. The van der Waals surface area contributed by atoms with Crippen LogP contribution in [0.5, 0.6) is 0 Å². The molecule has 0 unspecified atom stereocenters. The molecule has 0 saturated heterocycles. The number of aryl methyl sites for hydroxylation is 1. The van der Waals surface area contributed by atoms with Gasteiger partial charge in [0, 0.05) is 25.4 Å². The first kappa shape index (κ1) is 12.7. The first-order valence-corrected chi connectivity index (χ1v) is 3.77. The minimum Gasteiger partial charge on any atom is -1.00 e. The number of hydrogen-bond donors (Lipinski definition) is 1. The van der Waals surface area contributed by atoms with Crippen LogP contribution in [-0.2, 0) is 0 Å². The van der Waals surface area contributed by atoms with Crippen LogP contribution >= 0.6 is 0 Å². The average molecular weight is 191 g/mol. The predicted molar refractivity (Wildman–Crippen MR) is 49.8 cm³/mol. The Morgan fingerprint density at radius 1 is 1.38 bits per heavy atom. The van der Waals surface area contributed by atoms with Crippen molar-refractivity contribution in [2.24, 2.45) is 0 Å². The largest absolute Gasteiger partial charge is 1.00 e. The fraction of sp³-hybridized carbons (Fsp3) is 0.500. The molecule has 1 heterocycles. The molecule has 0 spiro atoms. The number of nitrogens with zero attached hydrogens (tertiary/aromatic N) is 2. The summed E-state index contributed by atoms with van der Waals surface area (Å²) in [5.41, 5.74) is 1.40. The maximum absolute atomic E-state index is 11.2. The number of rotatable bonds is 1. The normalized spacial score (nSPS) is 9.23. The summed E-state index contributed by atoms with van der Waals surface area (Å²) in [4.78, 5) is 19.9. The minimum atomic E-state index is -0.0637. The zero-order chi connectivity index (χ0) is 9.30. The first-order chi connectivity index (χ1) is 5.52. The van der Waals surface area contributed by atoms with Gasteiger partial charge in [-0.15, -0.1) is 0 Å². The summed E-state index contributed by atoms with van der Waals surface area (Å²) in [5.74, 6) is 0.600. The molecule has 1 N–H and O–H groups in total.